The summed E-state index contributed by atoms with van der Waals surface area (Å²) in [6.07, 6.45) is 1.11. The molecule has 2 aromatic rings. The summed E-state index contributed by atoms with van der Waals surface area (Å²) in [6.45, 7) is 5.74. The van der Waals surface area contributed by atoms with Crippen LogP contribution in [-0.2, 0) is 4.79 Å². The zero-order chi connectivity index (χ0) is 24.7. The van der Waals surface area contributed by atoms with Crippen molar-refractivity contribution in [3.8, 4) is 5.75 Å². The molecule has 0 aliphatic carbocycles. The third-order valence-electron chi connectivity index (χ3n) is 6.33. The second-order valence-electron chi connectivity index (χ2n) is 8.33. The number of hydrogen-bond acceptors (Lipinski definition) is 4. The molecule has 0 aromatic heterocycles. The Morgan fingerprint density at radius 3 is 2.32 bits per heavy atom. The number of halogens is 1. The monoisotopic (exact) mass is 469 g/mol. The van der Waals surface area contributed by atoms with Crippen molar-refractivity contribution < 1.29 is 23.5 Å². The first kappa shape index (κ1) is 25.2. The summed E-state index contributed by atoms with van der Waals surface area (Å²) in [6, 6.07) is 11.7. The molecule has 34 heavy (non-hydrogen) atoms. The SMILES string of the molecule is CCN(CC)C(=O)[C@H](NC(=O)c1cccc(OC)c1)C1CCN(C(=O)c2cccc(F)c2)CC1. The first-order chi connectivity index (χ1) is 16.4. The minimum absolute atomic E-state index is 0.126. The first-order valence-corrected chi connectivity index (χ1v) is 11.7. The van der Waals surface area contributed by atoms with Crippen LogP contribution in [0.15, 0.2) is 48.5 Å². The van der Waals surface area contributed by atoms with E-state index in [0.29, 0.717) is 55.9 Å². The van der Waals surface area contributed by atoms with E-state index in [9.17, 15) is 18.8 Å². The van der Waals surface area contributed by atoms with Crippen LogP contribution in [0.3, 0.4) is 0 Å². The maximum atomic E-state index is 13.5. The highest BCUT2D eigenvalue weighted by Crippen LogP contribution is 2.24. The van der Waals surface area contributed by atoms with E-state index in [0.717, 1.165) is 0 Å². The molecular formula is C26H32FN3O4. The van der Waals surface area contributed by atoms with E-state index in [1.165, 1.54) is 25.3 Å². The van der Waals surface area contributed by atoms with Gasteiger partial charge in [0.1, 0.15) is 17.6 Å². The number of nitrogens with zero attached hydrogens (tertiary/aromatic N) is 2. The Balaban J connectivity index is 1.74. The van der Waals surface area contributed by atoms with Crippen molar-refractivity contribution in [1.82, 2.24) is 15.1 Å². The molecule has 1 N–H and O–H groups in total. The van der Waals surface area contributed by atoms with Crippen molar-refractivity contribution in [3.63, 3.8) is 0 Å². The molecule has 3 rings (SSSR count). The first-order valence-electron chi connectivity index (χ1n) is 11.7. The number of piperidine rings is 1. The highest BCUT2D eigenvalue weighted by Gasteiger charge is 2.35. The van der Waals surface area contributed by atoms with Crippen molar-refractivity contribution in [2.45, 2.75) is 32.7 Å². The van der Waals surface area contributed by atoms with Crippen LogP contribution >= 0.6 is 0 Å². The largest absolute Gasteiger partial charge is 0.497 e. The zero-order valence-corrected chi connectivity index (χ0v) is 19.9. The fourth-order valence-corrected chi connectivity index (χ4v) is 4.34. The van der Waals surface area contributed by atoms with Gasteiger partial charge in [-0.05, 0) is 69.0 Å². The van der Waals surface area contributed by atoms with Gasteiger partial charge in [0, 0.05) is 37.3 Å². The van der Waals surface area contributed by atoms with E-state index in [1.807, 2.05) is 13.8 Å². The molecule has 1 aliphatic rings. The van der Waals surface area contributed by atoms with Gasteiger partial charge in [-0.3, -0.25) is 14.4 Å². The van der Waals surface area contributed by atoms with Crippen LogP contribution in [0, 0.1) is 11.7 Å². The molecule has 2 aromatic carbocycles. The molecule has 0 unspecified atom stereocenters. The van der Waals surface area contributed by atoms with Gasteiger partial charge in [0.25, 0.3) is 11.8 Å². The number of ether oxygens (including phenoxy) is 1. The molecule has 0 saturated carbocycles. The Morgan fingerprint density at radius 1 is 1.06 bits per heavy atom. The predicted octanol–water partition coefficient (Wildman–Crippen LogP) is 3.35. The fraction of sp³-hybridized carbons (Fsp3) is 0.423. The maximum Gasteiger partial charge on any atom is 0.253 e. The number of likely N-dealkylation sites (tertiary alicyclic amines) is 1. The lowest BCUT2D eigenvalue weighted by Gasteiger charge is -2.37. The van der Waals surface area contributed by atoms with Gasteiger partial charge in [-0.1, -0.05) is 12.1 Å². The number of carbonyl (C=O) groups is 3. The molecule has 1 aliphatic heterocycles. The van der Waals surface area contributed by atoms with Crippen molar-refractivity contribution in [2.24, 2.45) is 5.92 Å². The van der Waals surface area contributed by atoms with Gasteiger partial charge in [-0.2, -0.15) is 0 Å². The van der Waals surface area contributed by atoms with Crippen LogP contribution in [0.4, 0.5) is 4.39 Å². The standard InChI is InChI=1S/C26H32FN3O4/c1-4-29(5-2)26(33)23(28-24(31)19-8-7-11-22(17-19)34-3)18-12-14-30(15-13-18)25(32)20-9-6-10-21(27)16-20/h6-11,16-18,23H,4-5,12-15H2,1-3H3,(H,28,31)/t23-/m1/s1. The Hall–Kier alpha value is -3.42. The normalized spacial score (nSPS) is 14.9. The number of methoxy groups -OCH3 is 1. The molecule has 3 amide bonds. The zero-order valence-electron chi connectivity index (χ0n) is 19.9. The lowest BCUT2D eigenvalue weighted by atomic mass is 9.87. The van der Waals surface area contributed by atoms with Crippen LogP contribution in [0.5, 0.6) is 5.75 Å². The summed E-state index contributed by atoms with van der Waals surface area (Å²) in [7, 11) is 1.53. The van der Waals surface area contributed by atoms with Crippen molar-refractivity contribution in [2.75, 3.05) is 33.3 Å². The number of rotatable bonds is 8. The molecule has 182 valence electrons. The number of benzene rings is 2. The smallest absolute Gasteiger partial charge is 0.253 e. The highest BCUT2D eigenvalue weighted by atomic mass is 19.1. The van der Waals surface area contributed by atoms with Crippen LogP contribution in [0.1, 0.15) is 47.4 Å². The van der Waals surface area contributed by atoms with E-state index in [2.05, 4.69) is 5.32 Å². The van der Waals surface area contributed by atoms with E-state index in [1.54, 1.807) is 40.1 Å². The lowest BCUT2D eigenvalue weighted by Crippen LogP contribution is -2.54. The average molecular weight is 470 g/mol. The summed E-state index contributed by atoms with van der Waals surface area (Å²) in [5.74, 6) is -0.725. The average Bonchev–Trinajstić information content (AvgIpc) is 2.87. The van der Waals surface area contributed by atoms with E-state index in [-0.39, 0.29) is 23.6 Å². The van der Waals surface area contributed by atoms with Gasteiger partial charge in [0.15, 0.2) is 0 Å². The Bertz CT molecular complexity index is 1020. The van der Waals surface area contributed by atoms with Crippen LogP contribution in [-0.4, -0.2) is 66.9 Å². The molecule has 0 bridgehead atoms. The van der Waals surface area contributed by atoms with Crippen molar-refractivity contribution in [3.05, 3.63) is 65.5 Å². The van der Waals surface area contributed by atoms with Crippen LogP contribution < -0.4 is 10.1 Å². The van der Waals surface area contributed by atoms with Gasteiger partial charge in [-0.15, -0.1) is 0 Å². The van der Waals surface area contributed by atoms with E-state index in [4.69, 9.17) is 4.74 Å². The lowest BCUT2D eigenvalue weighted by molar-refractivity contribution is -0.134. The highest BCUT2D eigenvalue weighted by molar-refractivity contribution is 5.98. The number of hydrogen-bond donors (Lipinski definition) is 1. The summed E-state index contributed by atoms with van der Waals surface area (Å²) < 4.78 is 18.8. The molecule has 1 fully saturated rings. The number of amides is 3. The van der Waals surface area contributed by atoms with Gasteiger partial charge < -0.3 is 19.9 Å². The fourth-order valence-electron chi connectivity index (χ4n) is 4.34. The summed E-state index contributed by atoms with van der Waals surface area (Å²) in [5, 5.41) is 2.95. The molecular weight excluding hydrogens is 437 g/mol. The molecule has 8 heteroatoms. The van der Waals surface area contributed by atoms with Gasteiger partial charge in [-0.25, -0.2) is 4.39 Å². The molecule has 1 saturated heterocycles. The van der Waals surface area contributed by atoms with Gasteiger partial charge in [0.2, 0.25) is 5.91 Å². The Kier molecular flexibility index (Phi) is 8.62. The summed E-state index contributed by atoms with van der Waals surface area (Å²) >= 11 is 0. The van der Waals surface area contributed by atoms with Crippen molar-refractivity contribution >= 4 is 17.7 Å². The van der Waals surface area contributed by atoms with Crippen LogP contribution in [0.25, 0.3) is 0 Å². The number of likely N-dealkylation sites (N-methyl/N-ethyl adjacent to an activating group) is 1. The van der Waals surface area contributed by atoms with Crippen LogP contribution in [0.2, 0.25) is 0 Å². The molecule has 0 spiro atoms. The third-order valence-corrected chi connectivity index (χ3v) is 6.33. The quantitative estimate of drug-likeness (QED) is 0.643. The van der Waals surface area contributed by atoms with Crippen molar-refractivity contribution in [1.29, 1.82) is 0 Å². The Labute approximate surface area is 199 Å². The Morgan fingerprint density at radius 2 is 1.71 bits per heavy atom. The second kappa shape index (κ2) is 11.6. The predicted molar refractivity (Wildman–Crippen MR) is 127 cm³/mol. The molecule has 1 heterocycles. The number of nitrogens with one attached hydrogen (secondary N) is 1. The maximum absolute atomic E-state index is 13.5. The third kappa shape index (κ3) is 5.92. The minimum Gasteiger partial charge on any atom is -0.497 e. The minimum atomic E-state index is -0.704. The summed E-state index contributed by atoms with van der Waals surface area (Å²) in [5.41, 5.74) is 0.718. The van der Waals surface area contributed by atoms with Gasteiger partial charge in [0.05, 0.1) is 7.11 Å². The van der Waals surface area contributed by atoms with Gasteiger partial charge >= 0.3 is 0 Å². The van der Waals surface area contributed by atoms with E-state index >= 15 is 0 Å². The summed E-state index contributed by atoms with van der Waals surface area (Å²) in [4.78, 5) is 42.5. The topological polar surface area (TPSA) is 79.0 Å². The molecule has 7 nitrogen and oxygen atoms in total. The molecule has 0 radical (unpaired) electrons. The van der Waals surface area contributed by atoms with E-state index < -0.39 is 11.9 Å². The number of carbonyl (C=O) groups excluding carboxylic acids is 3. The molecule has 1 atom stereocenters. The second-order valence-corrected chi connectivity index (χ2v) is 8.33.